The summed E-state index contributed by atoms with van der Waals surface area (Å²) < 4.78 is 19.2. The molecule has 2 nitrogen and oxygen atoms in total. The van der Waals surface area contributed by atoms with Gasteiger partial charge in [0.05, 0.1) is 5.56 Å². The summed E-state index contributed by atoms with van der Waals surface area (Å²) in [7, 11) is 0. The largest absolute Gasteiger partial charge is 0.456 e. The van der Waals surface area contributed by atoms with Gasteiger partial charge < -0.3 is 4.42 Å². The van der Waals surface area contributed by atoms with Gasteiger partial charge in [0, 0.05) is 16.0 Å². The lowest BCUT2D eigenvalue weighted by atomic mass is 10.1. The van der Waals surface area contributed by atoms with Gasteiger partial charge in [-0.3, -0.25) is 0 Å². The standard InChI is InChI=1S/C15H7ClFNO/c16-10-4-5-14-9(6-10)7-15(19-14)11-2-1-3-13(17)12(11)8-18/h1-7H. The molecule has 0 radical (unpaired) electrons. The average Bonchev–Trinajstić information content (AvgIpc) is 2.81. The number of rotatable bonds is 1. The Morgan fingerprint density at radius 2 is 2.00 bits per heavy atom. The van der Waals surface area contributed by atoms with Crippen LogP contribution in [-0.4, -0.2) is 0 Å². The molecule has 0 bridgehead atoms. The van der Waals surface area contributed by atoms with Crippen LogP contribution in [0.3, 0.4) is 0 Å². The van der Waals surface area contributed by atoms with Crippen molar-refractivity contribution in [2.45, 2.75) is 0 Å². The van der Waals surface area contributed by atoms with Gasteiger partial charge in [-0.2, -0.15) is 5.26 Å². The Bertz CT molecular complexity index is 817. The molecule has 0 N–H and O–H groups in total. The maximum absolute atomic E-state index is 13.6. The highest BCUT2D eigenvalue weighted by molar-refractivity contribution is 6.31. The molecule has 3 rings (SSSR count). The Labute approximate surface area is 113 Å². The van der Waals surface area contributed by atoms with Gasteiger partial charge >= 0.3 is 0 Å². The van der Waals surface area contributed by atoms with Crippen LogP contribution >= 0.6 is 11.6 Å². The van der Waals surface area contributed by atoms with Crippen molar-refractivity contribution in [3.63, 3.8) is 0 Å². The summed E-state index contributed by atoms with van der Waals surface area (Å²) >= 11 is 5.90. The van der Waals surface area contributed by atoms with E-state index < -0.39 is 5.82 Å². The zero-order valence-electron chi connectivity index (χ0n) is 9.65. The minimum atomic E-state index is -0.557. The van der Waals surface area contributed by atoms with Gasteiger partial charge in [0.25, 0.3) is 0 Å². The molecule has 0 aliphatic heterocycles. The van der Waals surface area contributed by atoms with E-state index in [0.29, 0.717) is 21.9 Å². The summed E-state index contributed by atoms with van der Waals surface area (Å²) in [5, 5.41) is 10.4. The third kappa shape index (κ3) is 1.96. The van der Waals surface area contributed by atoms with Gasteiger partial charge in [0.15, 0.2) is 0 Å². The molecule has 0 aliphatic carbocycles. The van der Waals surface area contributed by atoms with Crippen LogP contribution in [0.4, 0.5) is 4.39 Å². The highest BCUT2D eigenvalue weighted by atomic mass is 35.5. The maximum Gasteiger partial charge on any atom is 0.141 e. The molecule has 92 valence electrons. The van der Waals surface area contributed by atoms with Crippen LogP contribution in [0.25, 0.3) is 22.3 Å². The number of fused-ring (bicyclic) bond motifs is 1. The predicted octanol–water partition coefficient (Wildman–Crippen LogP) is 4.76. The van der Waals surface area contributed by atoms with Gasteiger partial charge in [0.2, 0.25) is 0 Å². The Morgan fingerprint density at radius 3 is 2.79 bits per heavy atom. The van der Waals surface area contributed by atoms with Crippen molar-refractivity contribution in [2.24, 2.45) is 0 Å². The summed E-state index contributed by atoms with van der Waals surface area (Å²) in [6.07, 6.45) is 0. The Kier molecular flexibility index (Phi) is 2.73. The molecule has 0 fully saturated rings. The molecule has 0 unspecified atom stereocenters. The van der Waals surface area contributed by atoms with E-state index in [1.165, 1.54) is 6.07 Å². The van der Waals surface area contributed by atoms with E-state index in [1.807, 2.05) is 6.07 Å². The van der Waals surface area contributed by atoms with E-state index in [9.17, 15) is 4.39 Å². The number of halogens is 2. The van der Waals surface area contributed by atoms with E-state index in [1.54, 1.807) is 36.4 Å². The summed E-state index contributed by atoms with van der Waals surface area (Å²) in [5.41, 5.74) is 1.06. The Balaban J connectivity index is 2.25. The molecule has 0 atom stereocenters. The lowest BCUT2D eigenvalue weighted by molar-refractivity contribution is 0.615. The molecule has 0 amide bonds. The van der Waals surface area contributed by atoms with Crippen LogP contribution in [0.5, 0.6) is 0 Å². The van der Waals surface area contributed by atoms with Crippen molar-refractivity contribution in [1.82, 2.24) is 0 Å². The van der Waals surface area contributed by atoms with E-state index in [0.717, 1.165) is 5.39 Å². The fourth-order valence-corrected chi connectivity index (χ4v) is 2.17. The first-order valence-electron chi connectivity index (χ1n) is 5.57. The molecule has 0 aliphatic rings. The number of hydrogen-bond acceptors (Lipinski definition) is 2. The van der Waals surface area contributed by atoms with E-state index in [4.69, 9.17) is 21.3 Å². The summed E-state index contributed by atoms with van der Waals surface area (Å²) in [6, 6.07) is 13.3. The van der Waals surface area contributed by atoms with Crippen molar-refractivity contribution in [3.05, 3.63) is 58.9 Å². The van der Waals surface area contributed by atoms with Gasteiger partial charge in [-0.1, -0.05) is 17.7 Å². The van der Waals surface area contributed by atoms with Gasteiger partial charge in [0.1, 0.15) is 23.2 Å². The van der Waals surface area contributed by atoms with Crippen molar-refractivity contribution < 1.29 is 8.81 Å². The highest BCUT2D eigenvalue weighted by Gasteiger charge is 2.13. The normalized spacial score (nSPS) is 10.6. The van der Waals surface area contributed by atoms with Crippen LogP contribution < -0.4 is 0 Å². The molecule has 19 heavy (non-hydrogen) atoms. The van der Waals surface area contributed by atoms with Gasteiger partial charge in [-0.05, 0) is 36.4 Å². The molecule has 1 aromatic heterocycles. The number of nitriles is 1. The molecule has 3 aromatic rings. The summed E-state index contributed by atoms with van der Waals surface area (Å²) in [4.78, 5) is 0. The molecule has 0 spiro atoms. The van der Waals surface area contributed by atoms with Crippen molar-refractivity contribution in [2.75, 3.05) is 0 Å². The van der Waals surface area contributed by atoms with E-state index >= 15 is 0 Å². The zero-order chi connectivity index (χ0) is 13.4. The topological polar surface area (TPSA) is 36.9 Å². The van der Waals surface area contributed by atoms with Gasteiger partial charge in [-0.25, -0.2) is 4.39 Å². The van der Waals surface area contributed by atoms with Gasteiger partial charge in [-0.15, -0.1) is 0 Å². The van der Waals surface area contributed by atoms with Crippen molar-refractivity contribution in [3.8, 4) is 17.4 Å². The second-order valence-electron chi connectivity index (χ2n) is 4.07. The molecular weight excluding hydrogens is 265 g/mol. The first-order valence-corrected chi connectivity index (χ1v) is 5.95. The fourth-order valence-electron chi connectivity index (χ4n) is 1.99. The molecule has 0 saturated carbocycles. The number of nitrogens with zero attached hydrogens (tertiary/aromatic N) is 1. The Hall–Kier alpha value is -2.31. The smallest absolute Gasteiger partial charge is 0.141 e. The SMILES string of the molecule is N#Cc1c(F)cccc1-c1cc2cc(Cl)ccc2o1. The quantitative estimate of drug-likeness (QED) is 0.639. The van der Waals surface area contributed by atoms with Crippen LogP contribution in [0.2, 0.25) is 5.02 Å². The fraction of sp³-hybridized carbons (Fsp3) is 0. The van der Waals surface area contributed by atoms with Crippen LogP contribution in [-0.2, 0) is 0 Å². The first-order chi connectivity index (χ1) is 9.19. The maximum atomic E-state index is 13.6. The number of benzene rings is 2. The van der Waals surface area contributed by atoms with E-state index in [-0.39, 0.29) is 5.56 Å². The van der Waals surface area contributed by atoms with E-state index in [2.05, 4.69) is 0 Å². The second-order valence-corrected chi connectivity index (χ2v) is 4.50. The second kappa shape index (κ2) is 4.42. The molecule has 1 heterocycles. The van der Waals surface area contributed by atoms with Crippen LogP contribution in [0.1, 0.15) is 5.56 Å². The monoisotopic (exact) mass is 271 g/mol. The van der Waals surface area contributed by atoms with Crippen molar-refractivity contribution >= 4 is 22.6 Å². The molecule has 2 aromatic carbocycles. The minimum absolute atomic E-state index is 0.0207. The predicted molar refractivity (Wildman–Crippen MR) is 71.3 cm³/mol. The number of hydrogen-bond donors (Lipinski definition) is 0. The van der Waals surface area contributed by atoms with Crippen LogP contribution in [0.15, 0.2) is 46.9 Å². The lowest BCUT2D eigenvalue weighted by Gasteiger charge is -2.00. The zero-order valence-corrected chi connectivity index (χ0v) is 10.4. The average molecular weight is 272 g/mol. The molecular formula is C15H7ClFNO. The molecule has 0 saturated heterocycles. The lowest BCUT2D eigenvalue weighted by Crippen LogP contribution is -1.87. The summed E-state index contributed by atoms with van der Waals surface area (Å²) in [6.45, 7) is 0. The third-order valence-electron chi connectivity index (χ3n) is 2.87. The first kappa shape index (κ1) is 11.8. The highest BCUT2D eigenvalue weighted by Crippen LogP contribution is 2.32. The molecule has 4 heteroatoms. The number of furan rings is 1. The third-order valence-corrected chi connectivity index (χ3v) is 3.10. The minimum Gasteiger partial charge on any atom is -0.456 e. The van der Waals surface area contributed by atoms with Crippen LogP contribution in [0, 0.1) is 17.1 Å². The Morgan fingerprint density at radius 1 is 1.16 bits per heavy atom. The van der Waals surface area contributed by atoms with Crippen molar-refractivity contribution in [1.29, 1.82) is 5.26 Å². The summed E-state index contributed by atoms with van der Waals surface area (Å²) in [5.74, 6) is -0.105.